The van der Waals surface area contributed by atoms with Crippen LogP contribution in [0.4, 0.5) is 0 Å². The molecule has 1 aromatic heterocycles. The van der Waals surface area contributed by atoms with Crippen LogP contribution < -0.4 is 10.6 Å². The molecule has 6 heteroatoms. The van der Waals surface area contributed by atoms with Gasteiger partial charge in [0.05, 0.1) is 25.4 Å². The number of amides is 2. The maximum atomic E-state index is 13.0. The predicted molar refractivity (Wildman–Crippen MR) is 141 cm³/mol. The van der Waals surface area contributed by atoms with Gasteiger partial charge < -0.3 is 15.1 Å². The number of hydrogen-bond donors (Lipinski definition) is 2. The number of rotatable bonds is 10. The van der Waals surface area contributed by atoms with Crippen molar-refractivity contribution in [2.45, 2.75) is 26.1 Å². The van der Waals surface area contributed by atoms with Gasteiger partial charge in [0.2, 0.25) is 5.91 Å². The quantitative estimate of drug-likeness (QED) is 0.327. The minimum atomic E-state index is -0.126. The van der Waals surface area contributed by atoms with E-state index in [2.05, 4.69) is 47.0 Å². The molecule has 2 N–H and O–H groups in total. The average Bonchev–Trinajstić information content (AvgIpc) is 3.42. The van der Waals surface area contributed by atoms with E-state index in [0.29, 0.717) is 18.7 Å². The lowest BCUT2D eigenvalue weighted by Gasteiger charge is -2.23. The zero-order chi connectivity index (χ0) is 25.3. The van der Waals surface area contributed by atoms with Gasteiger partial charge in [-0.15, -0.1) is 0 Å². The lowest BCUT2D eigenvalue weighted by atomic mass is 10.0. The van der Waals surface area contributed by atoms with Crippen LogP contribution in [0.3, 0.4) is 0 Å². The number of carbonyl (C=O) groups excluding carboxylic acids is 2. The van der Waals surface area contributed by atoms with Crippen molar-refractivity contribution in [1.82, 2.24) is 15.5 Å². The van der Waals surface area contributed by atoms with Crippen LogP contribution in [-0.2, 0) is 17.9 Å². The van der Waals surface area contributed by atoms with Crippen LogP contribution in [-0.4, -0.2) is 30.3 Å². The molecular formula is C30H31N3O3. The molecule has 4 aromatic rings. The van der Waals surface area contributed by atoms with E-state index in [9.17, 15) is 9.59 Å². The van der Waals surface area contributed by atoms with Crippen molar-refractivity contribution in [3.63, 3.8) is 0 Å². The van der Waals surface area contributed by atoms with E-state index in [4.69, 9.17) is 4.42 Å². The normalized spacial score (nSPS) is 11.8. The topological polar surface area (TPSA) is 74.6 Å². The Bertz CT molecular complexity index is 1250. The smallest absolute Gasteiger partial charge is 0.251 e. The zero-order valence-corrected chi connectivity index (χ0v) is 20.6. The molecule has 0 aliphatic carbocycles. The second-order valence-corrected chi connectivity index (χ2v) is 8.78. The number of nitrogens with one attached hydrogen (secondary N) is 2. The summed E-state index contributed by atoms with van der Waals surface area (Å²) in [4.78, 5) is 26.8. The van der Waals surface area contributed by atoms with Gasteiger partial charge in [0.25, 0.3) is 5.91 Å². The van der Waals surface area contributed by atoms with Crippen LogP contribution in [0.1, 0.15) is 40.2 Å². The Kier molecular flexibility index (Phi) is 8.32. The van der Waals surface area contributed by atoms with Crippen molar-refractivity contribution >= 4 is 11.8 Å². The molecular weight excluding hydrogens is 450 g/mol. The third-order valence-electron chi connectivity index (χ3n) is 6.07. The number of carbonyl (C=O) groups is 2. The van der Waals surface area contributed by atoms with Gasteiger partial charge in [-0.1, -0.05) is 66.7 Å². The van der Waals surface area contributed by atoms with Crippen LogP contribution in [0.5, 0.6) is 0 Å². The Morgan fingerprint density at radius 1 is 0.833 bits per heavy atom. The largest absolute Gasteiger partial charge is 0.468 e. The highest BCUT2D eigenvalue weighted by atomic mass is 16.3. The third-order valence-corrected chi connectivity index (χ3v) is 6.07. The summed E-state index contributed by atoms with van der Waals surface area (Å²) in [5.74, 6) is 0.594. The molecule has 3 aromatic carbocycles. The highest BCUT2D eigenvalue weighted by Gasteiger charge is 2.16. The molecule has 1 heterocycles. The first-order chi connectivity index (χ1) is 17.5. The van der Waals surface area contributed by atoms with Gasteiger partial charge in [-0.25, -0.2) is 0 Å². The van der Waals surface area contributed by atoms with E-state index >= 15 is 0 Å². The summed E-state index contributed by atoms with van der Waals surface area (Å²) in [5.41, 5.74) is 4.96. The molecule has 0 unspecified atom stereocenters. The lowest BCUT2D eigenvalue weighted by molar-refractivity contribution is -0.123. The van der Waals surface area contributed by atoms with Crippen LogP contribution >= 0.6 is 0 Å². The van der Waals surface area contributed by atoms with Crippen molar-refractivity contribution in [2.24, 2.45) is 0 Å². The summed E-state index contributed by atoms with van der Waals surface area (Å²) in [5, 5.41) is 5.74. The molecule has 0 saturated heterocycles. The lowest BCUT2D eigenvalue weighted by Crippen LogP contribution is -2.37. The summed E-state index contributed by atoms with van der Waals surface area (Å²) in [6, 6.07) is 29.5. The molecule has 1 atom stereocenters. The molecule has 0 fully saturated rings. The minimum absolute atomic E-state index is 0.0665. The molecule has 2 amide bonds. The fourth-order valence-corrected chi connectivity index (χ4v) is 4.12. The van der Waals surface area contributed by atoms with E-state index < -0.39 is 0 Å². The van der Waals surface area contributed by atoms with E-state index in [1.165, 1.54) is 0 Å². The fourth-order valence-electron chi connectivity index (χ4n) is 4.12. The van der Waals surface area contributed by atoms with Gasteiger partial charge >= 0.3 is 0 Å². The van der Waals surface area contributed by atoms with Gasteiger partial charge in [0, 0.05) is 19.2 Å². The molecule has 6 nitrogen and oxygen atoms in total. The molecule has 4 rings (SSSR count). The van der Waals surface area contributed by atoms with E-state index in [0.717, 1.165) is 28.0 Å². The van der Waals surface area contributed by atoms with Gasteiger partial charge in [-0.3, -0.25) is 14.5 Å². The molecule has 0 saturated carbocycles. The second kappa shape index (κ2) is 12.0. The van der Waals surface area contributed by atoms with Crippen LogP contribution in [0.25, 0.3) is 11.1 Å². The first kappa shape index (κ1) is 24.9. The molecule has 0 radical (unpaired) electrons. The summed E-state index contributed by atoms with van der Waals surface area (Å²) < 4.78 is 5.52. The van der Waals surface area contributed by atoms with Crippen molar-refractivity contribution in [3.8, 4) is 11.1 Å². The third kappa shape index (κ3) is 6.71. The first-order valence-electron chi connectivity index (χ1n) is 12.0. The number of hydrogen-bond acceptors (Lipinski definition) is 4. The SMILES string of the molecule is CNC(=O)c1ccc(CN(CC(=O)N[C@@H](C)c2ccc(-c3ccccc3)cc2)Cc2ccco2)cc1. The Balaban J connectivity index is 1.39. The Labute approximate surface area is 211 Å². The van der Waals surface area contributed by atoms with Gasteiger partial charge in [-0.2, -0.15) is 0 Å². The fraction of sp³-hybridized carbons (Fsp3) is 0.200. The predicted octanol–water partition coefficient (Wildman–Crippen LogP) is 5.19. The average molecular weight is 482 g/mol. The standard InChI is InChI=1S/C30H31N3O3/c1-22(24-14-16-26(17-15-24)25-7-4-3-5-8-25)32-29(34)21-33(20-28-9-6-18-36-28)19-23-10-12-27(13-11-23)30(35)31-2/h3-18,22H,19-21H2,1-2H3,(H,31,35)(H,32,34)/t22-/m0/s1. The molecule has 0 aliphatic rings. The van der Waals surface area contributed by atoms with Gasteiger partial charge in [-0.05, 0) is 53.4 Å². The van der Waals surface area contributed by atoms with Crippen LogP contribution in [0.15, 0.2) is 102 Å². The summed E-state index contributed by atoms with van der Waals surface area (Å²) in [6.45, 7) is 3.24. The minimum Gasteiger partial charge on any atom is -0.468 e. The van der Waals surface area contributed by atoms with Crippen LogP contribution in [0, 0.1) is 0 Å². The molecule has 36 heavy (non-hydrogen) atoms. The monoisotopic (exact) mass is 481 g/mol. The molecule has 0 bridgehead atoms. The Morgan fingerprint density at radius 3 is 2.17 bits per heavy atom. The van der Waals surface area contributed by atoms with Crippen molar-refractivity contribution < 1.29 is 14.0 Å². The Hall–Kier alpha value is -4.16. The van der Waals surface area contributed by atoms with Crippen molar-refractivity contribution in [3.05, 3.63) is 120 Å². The summed E-state index contributed by atoms with van der Waals surface area (Å²) in [6.07, 6.45) is 1.63. The maximum Gasteiger partial charge on any atom is 0.251 e. The molecule has 184 valence electrons. The maximum absolute atomic E-state index is 13.0. The summed E-state index contributed by atoms with van der Waals surface area (Å²) >= 11 is 0. The van der Waals surface area contributed by atoms with Gasteiger partial charge in [0.15, 0.2) is 0 Å². The summed E-state index contributed by atoms with van der Waals surface area (Å²) in [7, 11) is 1.61. The van der Waals surface area contributed by atoms with Crippen LogP contribution in [0.2, 0.25) is 0 Å². The van der Waals surface area contributed by atoms with Crippen molar-refractivity contribution in [2.75, 3.05) is 13.6 Å². The Morgan fingerprint density at radius 2 is 1.53 bits per heavy atom. The van der Waals surface area contributed by atoms with E-state index in [-0.39, 0.29) is 24.4 Å². The van der Waals surface area contributed by atoms with E-state index in [1.807, 2.05) is 54.3 Å². The number of nitrogens with zero attached hydrogens (tertiary/aromatic N) is 1. The van der Waals surface area contributed by atoms with E-state index in [1.54, 1.807) is 25.4 Å². The zero-order valence-electron chi connectivity index (χ0n) is 20.6. The molecule has 0 spiro atoms. The highest BCUT2D eigenvalue weighted by Crippen LogP contribution is 2.22. The van der Waals surface area contributed by atoms with Gasteiger partial charge in [0.1, 0.15) is 5.76 Å². The number of furan rings is 1. The first-order valence-corrected chi connectivity index (χ1v) is 12.0. The highest BCUT2D eigenvalue weighted by molar-refractivity contribution is 5.93. The van der Waals surface area contributed by atoms with Crippen molar-refractivity contribution in [1.29, 1.82) is 0 Å². The number of benzene rings is 3. The second-order valence-electron chi connectivity index (χ2n) is 8.78. The molecule has 0 aliphatic heterocycles.